The summed E-state index contributed by atoms with van der Waals surface area (Å²) in [6.07, 6.45) is 0. The van der Waals surface area contributed by atoms with Crippen molar-refractivity contribution in [3.8, 4) is 0 Å². The van der Waals surface area contributed by atoms with Gasteiger partial charge >= 0.3 is 0 Å². The van der Waals surface area contributed by atoms with Gasteiger partial charge in [-0.05, 0) is 29.8 Å². The molecule has 0 atom stereocenters. The average molecular weight is 325 g/mol. The Bertz CT molecular complexity index is 823. The predicted octanol–water partition coefficient (Wildman–Crippen LogP) is 3.18. The third kappa shape index (κ3) is 3.73. The summed E-state index contributed by atoms with van der Waals surface area (Å²) in [6.45, 7) is 1.93. The van der Waals surface area contributed by atoms with Gasteiger partial charge in [0.15, 0.2) is 5.13 Å². The van der Waals surface area contributed by atoms with Crippen molar-refractivity contribution in [2.24, 2.45) is 0 Å². The van der Waals surface area contributed by atoms with Crippen LogP contribution in [-0.2, 0) is 11.3 Å². The van der Waals surface area contributed by atoms with Crippen LogP contribution in [0.25, 0.3) is 10.2 Å². The van der Waals surface area contributed by atoms with Crippen molar-refractivity contribution >= 4 is 38.5 Å². The molecule has 0 bridgehead atoms. The second kappa shape index (κ2) is 6.58. The number of hydrogen-bond acceptors (Lipinski definition) is 4. The molecule has 1 aromatic heterocycles. The van der Waals surface area contributed by atoms with Crippen molar-refractivity contribution < 1.29 is 9.59 Å². The molecular weight excluding hydrogens is 310 g/mol. The van der Waals surface area contributed by atoms with Crippen LogP contribution in [0.5, 0.6) is 0 Å². The summed E-state index contributed by atoms with van der Waals surface area (Å²) in [5, 5.41) is 6.12. The number of aromatic nitrogens is 1. The Kier molecular flexibility index (Phi) is 4.34. The van der Waals surface area contributed by atoms with Crippen molar-refractivity contribution in [3.63, 3.8) is 0 Å². The van der Waals surface area contributed by atoms with Crippen LogP contribution in [0.2, 0.25) is 0 Å². The lowest BCUT2D eigenvalue weighted by Gasteiger charge is -2.05. The third-order valence-electron chi connectivity index (χ3n) is 3.27. The van der Waals surface area contributed by atoms with Crippen LogP contribution in [0.15, 0.2) is 48.5 Å². The topological polar surface area (TPSA) is 71.1 Å². The summed E-state index contributed by atoms with van der Waals surface area (Å²) in [6, 6.07) is 14.9. The van der Waals surface area contributed by atoms with E-state index in [2.05, 4.69) is 15.6 Å². The second-order valence-corrected chi connectivity index (χ2v) is 6.08. The van der Waals surface area contributed by atoms with Gasteiger partial charge in [0.2, 0.25) is 5.91 Å². The lowest BCUT2D eigenvalue weighted by atomic mass is 10.1. The van der Waals surface area contributed by atoms with E-state index in [1.54, 1.807) is 12.1 Å². The van der Waals surface area contributed by atoms with Crippen molar-refractivity contribution in [1.82, 2.24) is 10.3 Å². The molecule has 23 heavy (non-hydrogen) atoms. The first kappa shape index (κ1) is 15.2. The first-order valence-electron chi connectivity index (χ1n) is 7.12. The Morgan fingerprint density at radius 3 is 2.52 bits per heavy atom. The molecule has 2 amide bonds. The van der Waals surface area contributed by atoms with Crippen molar-refractivity contribution in [2.75, 3.05) is 5.32 Å². The van der Waals surface area contributed by atoms with Crippen molar-refractivity contribution in [3.05, 3.63) is 59.7 Å². The number of nitrogens with one attached hydrogen (secondary N) is 2. The van der Waals surface area contributed by atoms with Crippen LogP contribution in [0.4, 0.5) is 5.13 Å². The smallest absolute Gasteiger partial charge is 0.257 e. The SMILES string of the molecule is CC(=O)NCc1ccc(C(=O)Nc2nc3ccccc3s2)cc1. The summed E-state index contributed by atoms with van der Waals surface area (Å²) in [5.41, 5.74) is 2.37. The van der Waals surface area contributed by atoms with E-state index in [4.69, 9.17) is 0 Å². The van der Waals surface area contributed by atoms with Gasteiger partial charge in [-0.25, -0.2) is 4.98 Å². The lowest BCUT2D eigenvalue weighted by molar-refractivity contribution is -0.119. The number of fused-ring (bicyclic) bond motifs is 1. The molecule has 0 aliphatic carbocycles. The number of para-hydroxylation sites is 1. The lowest BCUT2D eigenvalue weighted by Crippen LogP contribution is -2.19. The molecular formula is C17H15N3O2S. The Hall–Kier alpha value is -2.73. The zero-order valence-corrected chi connectivity index (χ0v) is 13.3. The molecule has 0 spiro atoms. The summed E-state index contributed by atoms with van der Waals surface area (Å²) in [4.78, 5) is 27.5. The molecule has 3 aromatic rings. The van der Waals surface area contributed by atoms with Crippen LogP contribution < -0.4 is 10.6 Å². The van der Waals surface area contributed by atoms with Gasteiger partial charge in [-0.2, -0.15) is 0 Å². The molecule has 6 heteroatoms. The van der Waals surface area contributed by atoms with E-state index in [0.29, 0.717) is 17.2 Å². The minimum absolute atomic E-state index is 0.0809. The number of nitrogens with zero attached hydrogens (tertiary/aromatic N) is 1. The first-order chi connectivity index (χ1) is 11.1. The highest BCUT2D eigenvalue weighted by atomic mass is 32.1. The van der Waals surface area contributed by atoms with Gasteiger partial charge in [0, 0.05) is 19.0 Å². The zero-order valence-electron chi connectivity index (χ0n) is 12.5. The molecule has 0 fully saturated rings. The minimum atomic E-state index is -0.199. The molecule has 0 unspecified atom stereocenters. The summed E-state index contributed by atoms with van der Waals surface area (Å²) < 4.78 is 1.04. The molecule has 0 aliphatic rings. The van der Waals surface area contributed by atoms with E-state index >= 15 is 0 Å². The molecule has 0 radical (unpaired) electrons. The number of rotatable bonds is 4. The number of amides is 2. The molecule has 5 nitrogen and oxygen atoms in total. The van der Waals surface area contributed by atoms with E-state index in [-0.39, 0.29) is 11.8 Å². The Morgan fingerprint density at radius 2 is 1.83 bits per heavy atom. The van der Waals surface area contributed by atoms with Crippen LogP contribution in [-0.4, -0.2) is 16.8 Å². The summed E-state index contributed by atoms with van der Waals surface area (Å²) >= 11 is 1.44. The molecule has 0 aliphatic heterocycles. The highest BCUT2D eigenvalue weighted by Gasteiger charge is 2.09. The van der Waals surface area contributed by atoms with Crippen molar-refractivity contribution in [1.29, 1.82) is 0 Å². The quantitative estimate of drug-likeness (QED) is 0.774. The van der Waals surface area contributed by atoms with E-state index in [1.165, 1.54) is 18.3 Å². The standard InChI is InChI=1S/C17H15N3O2S/c1-11(21)18-10-12-6-8-13(9-7-12)16(22)20-17-19-14-4-2-3-5-15(14)23-17/h2-9H,10H2,1H3,(H,18,21)(H,19,20,22). The monoisotopic (exact) mass is 325 g/mol. The van der Waals surface area contributed by atoms with E-state index < -0.39 is 0 Å². The minimum Gasteiger partial charge on any atom is -0.352 e. The van der Waals surface area contributed by atoms with E-state index in [9.17, 15) is 9.59 Å². The first-order valence-corrected chi connectivity index (χ1v) is 7.94. The molecule has 2 N–H and O–H groups in total. The molecule has 0 saturated carbocycles. The van der Waals surface area contributed by atoms with Gasteiger partial charge in [-0.15, -0.1) is 0 Å². The predicted molar refractivity (Wildman–Crippen MR) is 91.5 cm³/mol. The number of thiazole rings is 1. The molecule has 1 heterocycles. The molecule has 0 saturated heterocycles. The maximum atomic E-state index is 12.3. The largest absolute Gasteiger partial charge is 0.352 e. The van der Waals surface area contributed by atoms with Crippen LogP contribution in [0.3, 0.4) is 0 Å². The van der Waals surface area contributed by atoms with Gasteiger partial charge in [-0.3, -0.25) is 14.9 Å². The number of carbonyl (C=O) groups is 2. The van der Waals surface area contributed by atoms with Gasteiger partial charge in [0.05, 0.1) is 10.2 Å². The fourth-order valence-corrected chi connectivity index (χ4v) is 2.96. The number of benzene rings is 2. The van der Waals surface area contributed by atoms with Gasteiger partial charge in [0.1, 0.15) is 0 Å². The fourth-order valence-electron chi connectivity index (χ4n) is 2.10. The Balaban J connectivity index is 1.69. The van der Waals surface area contributed by atoms with Gasteiger partial charge in [-0.1, -0.05) is 35.6 Å². The van der Waals surface area contributed by atoms with E-state index in [0.717, 1.165) is 15.8 Å². The van der Waals surface area contributed by atoms with Crippen LogP contribution >= 0.6 is 11.3 Å². The molecule has 2 aromatic carbocycles. The van der Waals surface area contributed by atoms with Crippen LogP contribution in [0.1, 0.15) is 22.8 Å². The maximum absolute atomic E-state index is 12.3. The normalized spacial score (nSPS) is 10.5. The third-order valence-corrected chi connectivity index (χ3v) is 4.22. The zero-order chi connectivity index (χ0) is 16.2. The fraction of sp³-hybridized carbons (Fsp3) is 0.118. The molecule has 3 rings (SSSR count). The summed E-state index contributed by atoms with van der Waals surface area (Å²) in [5.74, 6) is -0.280. The molecule has 116 valence electrons. The average Bonchev–Trinajstić information content (AvgIpc) is 2.95. The van der Waals surface area contributed by atoms with Gasteiger partial charge < -0.3 is 5.32 Å². The Labute approximate surface area is 137 Å². The maximum Gasteiger partial charge on any atom is 0.257 e. The van der Waals surface area contributed by atoms with Crippen molar-refractivity contribution in [2.45, 2.75) is 13.5 Å². The number of anilines is 1. The Morgan fingerprint density at radius 1 is 1.09 bits per heavy atom. The van der Waals surface area contributed by atoms with E-state index in [1.807, 2.05) is 36.4 Å². The highest BCUT2D eigenvalue weighted by molar-refractivity contribution is 7.22. The second-order valence-electron chi connectivity index (χ2n) is 5.05. The summed E-state index contributed by atoms with van der Waals surface area (Å²) in [7, 11) is 0. The van der Waals surface area contributed by atoms with Crippen LogP contribution in [0, 0.1) is 0 Å². The number of carbonyl (C=O) groups excluding carboxylic acids is 2. The number of hydrogen-bond donors (Lipinski definition) is 2. The highest BCUT2D eigenvalue weighted by Crippen LogP contribution is 2.25. The van der Waals surface area contributed by atoms with Gasteiger partial charge in [0.25, 0.3) is 5.91 Å².